The fraction of sp³-hybridized carbons (Fsp3) is 0.429. The van der Waals surface area contributed by atoms with Gasteiger partial charge in [0.1, 0.15) is 6.10 Å². The van der Waals surface area contributed by atoms with Crippen LogP contribution in [0.2, 0.25) is 0 Å². The van der Waals surface area contributed by atoms with Gasteiger partial charge in [-0.2, -0.15) is 0 Å². The minimum absolute atomic E-state index is 0.203. The van der Waals surface area contributed by atoms with Gasteiger partial charge in [-0.25, -0.2) is 15.0 Å². The first-order valence-electron chi connectivity index (χ1n) is 9.99. The number of thiophene rings is 1. The SMILES string of the molecule is CNC(=O)C12CC1[C@@H](n1cnc3c(NC)nc(C#Cc4sccc4C)nc31)[C@H](O)[C@@H]2O. The number of rotatable bonds is 3. The highest BCUT2D eigenvalue weighted by atomic mass is 32.1. The van der Waals surface area contributed by atoms with E-state index >= 15 is 0 Å². The highest BCUT2D eigenvalue weighted by molar-refractivity contribution is 7.10. The number of imidazole rings is 1. The fourth-order valence-corrected chi connectivity index (χ4v) is 5.54. The number of fused-ring (bicyclic) bond motifs is 2. The number of carbonyl (C=O) groups excluding carboxylic acids is 1. The molecule has 2 fully saturated rings. The number of aliphatic hydroxyl groups is 2. The van der Waals surface area contributed by atoms with Gasteiger partial charge in [-0.3, -0.25) is 4.79 Å². The van der Waals surface area contributed by atoms with Crippen molar-refractivity contribution in [3.05, 3.63) is 34.0 Å². The molecule has 2 unspecified atom stereocenters. The number of hydrogen-bond donors (Lipinski definition) is 4. The van der Waals surface area contributed by atoms with Gasteiger partial charge < -0.3 is 25.4 Å². The third-order valence-electron chi connectivity index (χ3n) is 6.45. The van der Waals surface area contributed by atoms with Crippen molar-refractivity contribution in [2.45, 2.75) is 31.6 Å². The number of aryl methyl sites for hydroxylation is 1. The maximum atomic E-state index is 12.4. The van der Waals surface area contributed by atoms with Crippen molar-refractivity contribution in [3.8, 4) is 11.8 Å². The first kappa shape index (κ1) is 19.9. The Labute approximate surface area is 182 Å². The van der Waals surface area contributed by atoms with Crippen LogP contribution in [0.15, 0.2) is 17.8 Å². The molecule has 0 aliphatic heterocycles. The van der Waals surface area contributed by atoms with Crippen molar-refractivity contribution in [3.63, 3.8) is 0 Å². The third-order valence-corrected chi connectivity index (χ3v) is 7.38. The second-order valence-electron chi connectivity index (χ2n) is 8.01. The summed E-state index contributed by atoms with van der Waals surface area (Å²) >= 11 is 1.56. The molecule has 2 aliphatic carbocycles. The molecule has 3 aromatic heterocycles. The molecule has 5 atom stereocenters. The van der Waals surface area contributed by atoms with Crippen molar-refractivity contribution < 1.29 is 15.0 Å². The summed E-state index contributed by atoms with van der Waals surface area (Å²) in [7, 11) is 3.28. The lowest BCUT2D eigenvalue weighted by Crippen LogP contribution is -2.41. The second-order valence-corrected chi connectivity index (χ2v) is 8.92. The average Bonchev–Trinajstić information content (AvgIpc) is 3.02. The van der Waals surface area contributed by atoms with Crippen molar-refractivity contribution in [2.75, 3.05) is 19.4 Å². The standard InChI is InChI=1S/C21H22N6O3S/c1-10-6-7-31-12(10)4-5-13-25-18(22-2)14-19(26-13)27(9-24-14)15-11-8-21(11,20(30)23-3)17(29)16(15)28/h6-7,9,11,15-17,28-29H,8H2,1-3H3,(H,23,30)(H,22,25,26)/t11?,15-,16+,17+,21?/m1/s1. The lowest BCUT2D eigenvalue weighted by molar-refractivity contribution is -0.132. The normalized spacial score (nSPS) is 28.7. The molecule has 5 rings (SSSR count). The summed E-state index contributed by atoms with van der Waals surface area (Å²) < 4.78 is 1.75. The lowest BCUT2D eigenvalue weighted by atomic mass is 9.98. The molecule has 160 valence electrons. The van der Waals surface area contributed by atoms with E-state index in [1.807, 2.05) is 18.4 Å². The number of nitrogens with one attached hydrogen (secondary N) is 2. The Morgan fingerprint density at radius 2 is 2.13 bits per heavy atom. The van der Waals surface area contributed by atoms with E-state index in [2.05, 4.69) is 37.4 Å². The first-order chi connectivity index (χ1) is 14.9. The van der Waals surface area contributed by atoms with E-state index in [4.69, 9.17) is 0 Å². The molecular weight excluding hydrogens is 416 g/mol. The highest BCUT2D eigenvalue weighted by Gasteiger charge is 2.75. The Morgan fingerprint density at radius 3 is 2.81 bits per heavy atom. The molecule has 0 spiro atoms. The van der Waals surface area contributed by atoms with Gasteiger partial charge in [0.15, 0.2) is 17.0 Å². The van der Waals surface area contributed by atoms with Crippen molar-refractivity contribution >= 4 is 34.2 Å². The van der Waals surface area contributed by atoms with E-state index in [0.717, 1.165) is 10.4 Å². The molecule has 0 saturated heterocycles. The van der Waals surface area contributed by atoms with Gasteiger partial charge in [-0.15, -0.1) is 11.3 Å². The summed E-state index contributed by atoms with van der Waals surface area (Å²) in [5.74, 6) is 6.53. The summed E-state index contributed by atoms with van der Waals surface area (Å²) in [6, 6.07) is 1.49. The summed E-state index contributed by atoms with van der Waals surface area (Å²) in [6.45, 7) is 2.00. The number of amides is 1. The van der Waals surface area contributed by atoms with Crippen LogP contribution in [-0.2, 0) is 4.79 Å². The smallest absolute Gasteiger partial charge is 0.229 e. The Morgan fingerprint density at radius 1 is 1.32 bits per heavy atom. The number of anilines is 1. The van der Waals surface area contributed by atoms with Crippen LogP contribution < -0.4 is 10.6 Å². The van der Waals surface area contributed by atoms with Crippen molar-refractivity contribution in [2.24, 2.45) is 11.3 Å². The zero-order chi connectivity index (χ0) is 21.9. The van der Waals surface area contributed by atoms with Gasteiger partial charge in [-0.1, -0.05) is 0 Å². The molecule has 0 radical (unpaired) electrons. The molecule has 4 N–H and O–H groups in total. The van der Waals surface area contributed by atoms with Crippen LogP contribution in [-0.4, -0.2) is 61.9 Å². The zero-order valence-electron chi connectivity index (χ0n) is 17.2. The summed E-state index contributed by atoms with van der Waals surface area (Å²) in [6.07, 6.45) is -0.167. The Bertz CT molecular complexity index is 1260. The van der Waals surface area contributed by atoms with Crippen LogP contribution >= 0.6 is 11.3 Å². The van der Waals surface area contributed by atoms with Gasteiger partial charge in [-0.05, 0) is 42.2 Å². The van der Waals surface area contributed by atoms with Crippen LogP contribution in [0.25, 0.3) is 11.2 Å². The summed E-state index contributed by atoms with van der Waals surface area (Å²) in [5, 5.41) is 29.1. The Hall–Kier alpha value is -3.00. The van der Waals surface area contributed by atoms with E-state index in [1.165, 1.54) is 7.05 Å². The monoisotopic (exact) mass is 438 g/mol. The highest BCUT2D eigenvalue weighted by Crippen LogP contribution is 2.67. The van der Waals surface area contributed by atoms with Gasteiger partial charge >= 0.3 is 0 Å². The van der Waals surface area contributed by atoms with E-state index < -0.39 is 23.7 Å². The molecule has 0 aromatic carbocycles. The molecule has 10 heteroatoms. The fourth-order valence-electron chi connectivity index (χ4n) is 4.76. The number of aliphatic hydroxyl groups excluding tert-OH is 2. The minimum atomic E-state index is -1.15. The van der Waals surface area contributed by atoms with Crippen LogP contribution in [0.5, 0.6) is 0 Å². The largest absolute Gasteiger partial charge is 0.389 e. The maximum absolute atomic E-state index is 12.4. The first-order valence-corrected chi connectivity index (χ1v) is 10.9. The van der Waals surface area contributed by atoms with E-state index in [0.29, 0.717) is 29.2 Å². The molecule has 2 saturated carbocycles. The molecule has 2 aliphatic rings. The van der Waals surface area contributed by atoms with Crippen LogP contribution in [0.3, 0.4) is 0 Å². The van der Waals surface area contributed by atoms with E-state index in [9.17, 15) is 15.0 Å². The number of carbonyl (C=O) groups is 1. The molecule has 1 amide bonds. The zero-order valence-corrected chi connectivity index (χ0v) is 18.1. The molecular formula is C21H22N6O3S. The van der Waals surface area contributed by atoms with Gasteiger partial charge in [0.25, 0.3) is 0 Å². The second kappa shape index (κ2) is 7.02. The van der Waals surface area contributed by atoms with Gasteiger partial charge in [0.2, 0.25) is 11.7 Å². The van der Waals surface area contributed by atoms with Crippen LogP contribution in [0, 0.1) is 30.1 Å². The molecule has 9 nitrogen and oxygen atoms in total. The average molecular weight is 439 g/mol. The minimum Gasteiger partial charge on any atom is -0.389 e. The molecule has 0 bridgehead atoms. The quantitative estimate of drug-likeness (QED) is 0.443. The number of aromatic nitrogens is 4. The van der Waals surface area contributed by atoms with Crippen LogP contribution in [0.1, 0.15) is 28.7 Å². The van der Waals surface area contributed by atoms with Gasteiger partial charge in [0, 0.05) is 20.0 Å². The number of hydrogen-bond acceptors (Lipinski definition) is 8. The third kappa shape index (κ3) is 2.77. The summed E-state index contributed by atoms with van der Waals surface area (Å²) in [4.78, 5) is 26.9. The topological polar surface area (TPSA) is 125 Å². The van der Waals surface area contributed by atoms with Gasteiger partial charge in [0.05, 0.1) is 28.8 Å². The predicted octanol–water partition coefficient (Wildman–Crippen LogP) is 0.667. The maximum Gasteiger partial charge on any atom is 0.229 e. The molecule has 3 aromatic rings. The van der Waals surface area contributed by atoms with E-state index in [-0.39, 0.29) is 11.8 Å². The van der Waals surface area contributed by atoms with E-state index in [1.54, 1.807) is 29.3 Å². The molecule has 3 heterocycles. The Balaban J connectivity index is 1.59. The van der Waals surface area contributed by atoms with Crippen LogP contribution in [0.4, 0.5) is 5.82 Å². The number of nitrogens with zero attached hydrogens (tertiary/aromatic N) is 4. The Kier molecular flexibility index (Phi) is 4.51. The van der Waals surface area contributed by atoms with Crippen molar-refractivity contribution in [1.82, 2.24) is 24.8 Å². The summed E-state index contributed by atoms with van der Waals surface area (Å²) in [5.41, 5.74) is 1.18. The lowest BCUT2D eigenvalue weighted by Gasteiger charge is -2.23. The van der Waals surface area contributed by atoms with Crippen molar-refractivity contribution in [1.29, 1.82) is 0 Å². The predicted molar refractivity (Wildman–Crippen MR) is 116 cm³/mol. The molecule has 31 heavy (non-hydrogen) atoms.